The summed E-state index contributed by atoms with van der Waals surface area (Å²) in [5, 5.41) is 2.88. The van der Waals surface area contributed by atoms with Gasteiger partial charge in [0, 0.05) is 5.39 Å². The van der Waals surface area contributed by atoms with Gasteiger partial charge in [0.25, 0.3) is 0 Å². The van der Waals surface area contributed by atoms with Crippen LogP contribution in [0.15, 0.2) is 51.7 Å². The molecule has 0 amide bonds. The standard InChI is InChI=1S/C27H36O3/c1-2-3-4-5-6-7-8-9-10-11-12-15-20-29-25-21-26(28)30-27-23-17-14-13-16-22(23)18-19-24(25)27/h13-14,16-19,21H,2-12,15,20H2,1H3. The van der Waals surface area contributed by atoms with E-state index in [1.54, 1.807) is 0 Å². The number of benzene rings is 2. The van der Waals surface area contributed by atoms with Gasteiger partial charge in [-0.1, -0.05) is 108 Å². The average Bonchev–Trinajstić information content (AvgIpc) is 2.76. The number of fused-ring (bicyclic) bond motifs is 3. The van der Waals surface area contributed by atoms with Crippen LogP contribution >= 0.6 is 0 Å². The molecule has 0 fully saturated rings. The van der Waals surface area contributed by atoms with Gasteiger partial charge >= 0.3 is 5.63 Å². The van der Waals surface area contributed by atoms with Crippen molar-refractivity contribution in [2.45, 2.75) is 84.0 Å². The fourth-order valence-corrected chi connectivity index (χ4v) is 4.11. The minimum absolute atomic E-state index is 0.358. The number of hydrogen-bond donors (Lipinski definition) is 0. The lowest BCUT2D eigenvalue weighted by Crippen LogP contribution is -2.03. The van der Waals surface area contributed by atoms with Crippen LogP contribution in [0.5, 0.6) is 5.75 Å². The molecule has 0 aliphatic heterocycles. The Morgan fingerprint density at radius 3 is 2.07 bits per heavy atom. The summed E-state index contributed by atoms with van der Waals surface area (Å²) in [4.78, 5) is 12.0. The first-order valence-electron chi connectivity index (χ1n) is 11.9. The highest BCUT2D eigenvalue weighted by Gasteiger charge is 2.10. The molecular formula is C27H36O3. The third-order valence-electron chi connectivity index (χ3n) is 5.85. The van der Waals surface area contributed by atoms with Crippen LogP contribution in [0.2, 0.25) is 0 Å². The molecule has 2 aromatic carbocycles. The Kier molecular flexibility index (Phi) is 9.27. The third-order valence-corrected chi connectivity index (χ3v) is 5.85. The van der Waals surface area contributed by atoms with Gasteiger partial charge in [-0.15, -0.1) is 0 Å². The number of ether oxygens (including phenoxy) is 1. The number of hydrogen-bond acceptors (Lipinski definition) is 3. The molecule has 0 unspecified atom stereocenters. The Morgan fingerprint density at radius 2 is 1.37 bits per heavy atom. The van der Waals surface area contributed by atoms with Crippen molar-refractivity contribution in [1.82, 2.24) is 0 Å². The summed E-state index contributed by atoms with van der Waals surface area (Å²) in [6, 6.07) is 13.5. The lowest BCUT2D eigenvalue weighted by atomic mass is 10.1. The van der Waals surface area contributed by atoms with E-state index in [-0.39, 0.29) is 5.63 Å². The maximum atomic E-state index is 12.0. The summed E-state index contributed by atoms with van der Waals surface area (Å²) in [5.74, 6) is 0.634. The van der Waals surface area contributed by atoms with Crippen LogP contribution in [-0.2, 0) is 0 Å². The minimum atomic E-state index is -0.358. The Hall–Kier alpha value is -2.29. The molecule has 1 aromatic heterocycles. The van der Waals surface area contributed by atoms with Crippen LogP contribution in [0.3, 0.4) is 0 Å². The molecule has 30 heavy (non-hydrogen) atoms. The van der Waals surface area contributed by atoms with Gasteiger partial charge in [-0.3, -0.25) is 0 Å². The van der Waals surface area contributed by atoms with Crippen molar-refractivity contribution in [2.24, 2.45) is 0 Å². The average molecular weight is 409 g/mol. The van der Waals surface area contributed by atoms with Crippen LogP contribution < -0.4 is 10.4 Å². The second-order valence-electron chi connectivity index (χ2n) is 8.33. The highest BCUT2D eigenvalue weighted by molar-refractivity contribution is 6.05. The quantitative estimate of drug-likeness (QED) is 0.154. The molecule has 0 atom stereocenters. The largest absolute Gasteiger partial charge is 0.493 e. The SMILES string of the molecule is CCCCCCCCCCCCCCOc1cc(=O)oc2c1ccc1ccccc12. The Morgan fingerprint density at radius 1 is 0.733 bits per heavy atom. The zero-order valence-corrected chi connectivity index (χ0v) is 18.5. The molecular weight excluding hydrogens is 372 g/mol. The van der Waals surface area contributed by atoms with Crippen molar-refractivity contribution in [3.05, 3.63) is 52.9 Å². The highest BCUT2D eigenvalue weighted by atomic mass is 16.5. The van der Waals surface area contributed by atoms with E-state index in [4.69, 9.17) is 9.15 Å². The maximum Gasteiger partial charge on any atom is 0.339 e. The highest BCUT2D eigenvalue weighted by Crippen LogP contribution is 2.30. The maximum absolute atomic E-state index is 12.0. The van der Waals surface area contributed by atoms with Crippen LogP contribution in [0, 0.1) is 0 Å². The van der Waals surface area contributed by atoms with Gasteiger partial charge in [-0.25, -0.2) is 4.79 Å². The third kappa shape index (κ3) is 6.62. The summed E-state index contributed by atoms with van der Waals surface area (Å²) >= 11 is 0. The van der Waals surface area contributed by atoms with Crippen molar-refractivity contribution in [1.29, 1.82) is 0 Å². The summed E-state index contributed by atoms with van der Waals surface area (Å²) in [6.45, 7) is 2.91. The molecule has 0 N–H and O–H groups in total. The van der Waals surface area contributed by atoms with Gasteiger partial charge in [0.15, 0.2) is 0 Å². The summed E-state index contributed by atoms with van der Waals surface area (Å²) in [6.07, 6.45) is 15.9. The van der Waals surface area contributed by atoms with E-state index in [0.717, 1.165) is 22.6 Å². The van der Waals surface area contributed by atoms with Gasteiger partial charge in [0.1, 0.15) is 11.3 Å². The van der Waals surface area contributed by atoms with Gasteiger partial charge in [0.05, 0.1) is 18.1 Å². The normalized spacial score (nSPS) is 11.4. The lowest BCUT2D eigenvalue weighted by Gasteiger charge is -2.10. The van der Waals surface area contributed by atoms with Crippen molar-refractivity contribution >= 4 is 21.7 Å². The van der Waals surface area contributed by atoms with E-state index < -0.39 is 0 Å². The zero-order valence-electron chi connectivity index (χ0n) is 18.5. The molecule has 0 aliphatic rings. The zero-order chi connectivity index (χ0) is 21.0. The van der Waals surface area contributed by atoms with E-state index in [9.17, 15) is 4.79 Å². The second kappa shape index (κ2) is 12.4. The molecule has 3 aromatic rings. The van der Waals surface area contributed by atoms with E-state index in [0.29, 0.717) is 17.9 Å². The van der Waals surface area contributed by atoms with Gasteiger partial charge < -0.3 is 9.15 Å². The molecule has 162 valence electrons. The summed E-state index contributed by atoms with van der Waals surface area (Å²) in [7, 11) is 0. The molecule has 0 saturated carbocycles. The van der Waals surface area contributed by atoms with Crippen molar-refractivity contribution in [2.75, 3.05) is 6.61 Å². The predicted octanol–water partition coefficient (Wildman–Crippen LogP) is 8.03. The van der Waals surface area contributed by atoms with Crippen molar-refractivity contribution in [3.8, 4) is 5.75 Å². The molecule has 3 nitrogen and oxygen atoms in total. The van der Waals surface area contributed by atoms with E-state index in [2.05, 4.69) is 6.92 Å². The Balaban J connectivity index is 1.37. The fraction of sp³-hybridized carbons (Fsp3) is 0.519. The lowest BCUT2D eigenvalue weighted by molar-refractivity contribution is 0.305. The first kappa shape index (κ1) is 22.4. The molecule has 3 rings (SSSR count). The second-order valence-corrected chi connectivity index (χ2v) is 8.33. The van der Waals surface area contributed by atoms with Gasteiger partial charge in [-0.2, -0.15) is 0 Å². The van der Waals surface area contributed by atoms with E-state index in [1.165, 1.54) is 76.7 Å². The molecule has 0 spiro atoms. The molecule has 0 saturated heterocycles. The molecule has 0 aliphatic carbocycles. The first-order chi connectivity index (χ1) is 14.8. The minimum Gasteiger partial charge on any atom is -0.493 e. The predicted molar refractivity (Wildman–Crippen MR) is 127 cm³/mol. The van der Waals surface area contributed by atoms with E-state index >= 15 is 0 Å². The van der Waals surface area contributed by atoms with Crippen LogP contribution in [-0.4, -0.2) is 6.61 Å². The molecule has 1 heterocycles. The molecule has 0 bridgehead atoms. The van der Waals surface area contributed by atoms with E-state index in [1.807, 2.05) is 36.4 Å². The van der Waals surface area contributed by atoms with Crippen molar-refractivity contribution < 1.29 is 9.15 Å². The van der Waals surface area contributed by atoms with Crippen molar-refractivity contribution in [3.63, 3.8) is 0 Å². The van der Waals surface area contributed by atoms with Crippen LogP contribution in [0.25, 0.3) is 21.7 Å². The Bertz CT molecular complexity index is 957. The monoisotopic (exact) mass is 408 g/mol. The topological polar surface area (TPSA) is 39.4 Å². The number of unbranched alkanes of at least 4 members (excludes halogenated alkanes) is 11. The summed E-state index contributed by atoms with van der Waals surface area (Å²) in [5.41, 5.74) is 0.258. The smallest absolute Gasteiger partial charge is 0.339 e. The Labute approximate surface area is 180 Å². The molecule has 0 radical (unpaired) electrons. The number of rotatable bonds is 14. The van der Waals surface area contributed by atoms with Crippen LogP contribution in [0.1, 0.15) is 84.0 Å². The fourth-order valence-electron chi connectivity index (χ4n) is 4.11. The molecule has 3 heteroatoms. The summed E-state index contributed by atoms with van der Waals surface area (Å²) < 4.78 is 11.5. The van der Waals surface area contributed by atoms with Crippen LogP contribution in [0.4, 0.5) is 0 Å². The first-order valence-corrected chi connectivity index (χ1v) is 11.9. The van der Waals surface area contributed by atoms with Gasteiger partial charge in [0.2, 0.25) is 0 Å². The van der Waals surface area contributed by atoms with Gasteiger partial charge in [-0.05, 0) is 17.9 Å².